The quantitative estimate of drug-likeness (QED) is 0.457. The first kappa shape index (κ1) is 25.7. The molecule has 1 aliphatic rings. The second kappa shape index (κ2) is 12.0. The van der Waals surface area contributed by atoms with Crippen LogP contribution in [-0.2, 0) is 21.1 Å². The average Bonchev–Trinajstić information content (AvgIpc) is 3.37. The van der Waals surface area contributed by atoms with E-state index in [1.165, 1.54) is 18.2 Å². The Morgan fingerprint density at radius 3 is 2.68 bits per heavy atom. The lowest BCUT2D eigenvalue weighted by molar-refractivity contribution is -0.129. The van der Waals surface area contributed by atoms with Crippen molar-refractivity contribution in [1.82, 2.24) is 15.5 Å². The number of halogens is 1. The zero-order valence-electron chi connectivity index (χ0n) is 19.1. The van der Waals surface area contributed by atoms with E-state index >= 15 is 0 Å². The smallest absolute Gasteiger partial charge is 0.222 e. The van der Waals surface area contributed by atoms with Crippen molar-refractivity contribution >= 4 is 33.2 Å². The van der Waals surface area contributed by atoms with Gasteiger partial charge in [0.2, 0.25) is 5.91 Å². The molecule has 180 valence electrons. The van der Waals surface area contributed by atoms with Gasteiger partial charge in [-0.3, -0.25) is 9.79 Å². The van der Waals surface area contributed by atoms with Crippen LogP contribution in [0.25, 0.3) is 0 Å². The van der Waals surface area contributed by atoms with Gasteiger partial charge < -0.3 is 15.5 Å². The summed E-state index contributed by atoms with van der Waals surface area (Å²) in [6, 6.07) is 14.2. The number of sulfone groups is 1. The summed E-state index contributed by atoms with van der Waals surface area (Å²) < 4.78 is 24.9. The molecule has 1 aliphatic heterocycles. The minimum absolute atomic E-state index is 0.0147. The fraction of sp³-hybridized carbons (Fsp3) is 0.375. The third-order valence-electron chi connectivity index (χ3n) is 5.50. The van der Waals surface area contributed by atoms with Gasteiger partial charge in [0, 0.05) is 32.1 Å². The number of hydrogen-bond donors (Lipinski definition) is 2. The highest BCUT2D eigenvalue weighted by Crippen LogP contribution is 2.23. The first-order valence-corrected chi connectivity index (χ1v) is 13.1. The van der Waals surface area contributed by atoms with E-state index in [0.717, 1.165) is 36.5 Å². The van der Waals surface area contributed by atoms with E-state index in [4.69, 9.17) is 16.9 Å². The van der Waals surface area contributed by atoms with Gasteiger partial charge in [-0.05, 0) is 43.1 Å². The molecule has 0 radical (unpaired) electrons. The molecular formula is C24H28ClN5O3S. The minimum Gasteiger partial charge on any atom is -0.368 e. The average molecular weight is 502 g/mol. The number of benzene rings is 2. The Kier molecular flexibility index (Phi) is 9.05. The predicted octanol–water partition coefficient (Wildman–Crippen LogP) is 2.36. The van der Waals surface area contributed by atoms with E-state index in [2.05, 4.69) is 27.8 Å². The van der Waals surface area contributed by atoms with E-state index in [1.54, 1.807) is 11.9 Å². The summed E-state index contributed by atoms with van der Waals surface area (Å²) >= 11 is 6.00. The number of aliphatic imine (C=N–C) groups is 1. The fourth-order valence-corrected chi connectivity index (χ4v) is 5.24. The molecule has 0 saturated carbocycles. The lowest BCUT2D eigenvalue weighted by Gasteiger charge is -2.17. The maximum atomic E-state index is 12.5. The van der Waals surface area contributed by atoms with Crippen molar-refractivity contribution in [2.24, 2.45) is 4.99 Å². The van der Waals surface area contributed by atoms with Crippen LogP contribution >= 0.6 is 11.6 Å². The number of nitrogens with zero attached hydrogens (tertiary/aromatic N) is 3. The Hall–Kier alpha value is -2.93. The number of nitrogens with one attached hydrogen (secondary N) is 2. The van der Waals surface area contributed by atoms with Crippen molar-refractivity contribution in [1.29, 1.82) is 5.26 Å². The van der Waals surface area contributed by atoms with Gasteiger partial charge in [-0.1, -0.05) is 35.9 Å². The van der Waals surface area contributed by atoms with Crippen LogP contribution in [0.1, 0.15) is 29.5 Å². The Labute approximate surface area is 205 Å². The maximum Gasteiger partial charge on any atom is 0.222 e. The zero-order valence-corrected chi connectivity index (χ0v) is 20.6. The third kappa shape index (κ3) is 7.03. The molecule has 0 aromatic heterocycles. The zero-order chi connectivity index (χ0) is 24.6. The van der Waals surface area contributed by atoms with E-state index < -0.39 is 9.84 Å². The van der Waals surface area contributed by atoms with Crippen LogP contribution in [0.15, 0.2) is 52.4 Å². The summed E-state index contributed by atoms with van der Waals surface area (Å²) in [4.78, 5) is 18.5. The molecule has 10 heteroatoms. The molecule has 0 spiro atoms. The number of carbonyl (C=O) groups is 1. The Morgan fingerprint density at radius 2 is 2.03 bits per heavy atom. The number of likely N-dealkylation sites (N-methyl/N-ethyl adjacent to an activating group) is 1. The van der Waals surface area contributed by atoms with Crippen molar-refractivity contribution in [3.8, 4) is 6.07 Å². The van der Waals surface area contributed by atoms with Crippen molar-refractivity contribution in [3.05, 3.63) is 64.2 Å². The molecule has 0 saturated heterocycles. The van der Waals surface area contributed by atoms with Crippen LogP contribution in [0.3, 0.4) is 0 Å². The van der Waals surface area contributed by atoms with Crippen LogP contribution in [-0.4, -0.2) is 64.2 Å². The Morgan fingerprint density at radius 1 is 1.26 bits per heavy atom. The molecule has 8 nitrogen and oxygen atoms in total. The molecule has 2 aromatic rings. The van der Waals surface area contributed by atoms with Crippen LogP contribution in [0.4, 0.5) is 0 Å². The van der Waals surface area contributed by atoms with Gasteiger partial charge >= 0.3 is 0 Å². The predicted molar refractivity (Wildman–Crippen MR) is 133 cm³/mol. The van der Waals surface area contributed by atoms with Gasteiger partial charge in [0.05, 0.1) is 28.1 Å². The van der Waals surface area contributed by atoms with Gasteiger partial charge in [0.1, 0.15) is 11.7 Å². The van der Waals surface area contributed by atoms with E-state index in [1.807, 2.05) is 18.2 Å². The van der Waals surface area contributed by atoms with Gasteiger partial charge in [-0.25, -0.2) is 8.42 Å². The summed E-state index contributed by atoms with van der Waals surface area (Å²) in [5, 5.41) is 15.0. The molecule has 1 heterocycles. The molecule has 2 N–H and O–H groups in total. The number of amides is 1. The highest BCUT2D eigenvalue weighted by atomic mass is 35.5. The van der Waals surface area contributed by atoms with E-state index in [0.29, 0.717) is 31.5 Å². The molecule has 0 unspecified atom stereocenters. The normalized spacial score (nSPS) is 13.1. The van der Waals surface area contributed by atoms with Crippen LogP contribution in [0, 0.1) is 11.3 Å². The SMILES string of the molecule is CN(CCc1ccc(C2=NCCN2)cc1)C(=O)CCCNCS(=O)(=O)c1ccc(C#N)cc1Cl. The van der Waals surface area contributed by atoms with Gasteiger partial charge in [0.25, 0.3) is 0 Å². The second-order valence-electron chi connectivity index (χ2n) is 8.04. The first-order chi connectivity index (χ1) is 16.3. The standard InChI is InChI=1S/C24H28ClN5O3S/c1-30(14-10-18-4-7-20(8-5-18)24-28-12-13-29-24)23(31)3-2-11-27-17-34(32,33)22-9-6-19(16-26)15-21(22)25/h4-9,15,27H,2-3,10-14,17H2,1H3,(H,28,29). The van der Waals surface area contributed by atoms with Gasteiger partial charge in [-0.15, -0.1) is 0 Å². The summed E-state index contributed by atoms with van der Waals surface area (Å²) in [6.45, 7) is 2.67. The lowest BCUT2D eigenvalue weighted by atomic mass is 10.1. The topological polar surface area (TPSA) is 115 Å². The number of carbonyl (C=O) groups excluding carboxylic acids is 1. The van der Waals surface area contributed by atoms with Crippen molar-refractivity contribution in [2.75, 3.05) is 39.1 Å². The molecule has 0 fully saturated rings. The van der Waals surface area contributed by atoms with Crippen molar-refractivity contribution in [3.63, 3.8) is 0 Å². The summed E-state index contributed by atoms with van der Waals surface area (Å²) in [7, 11) is -1.86. The molecule has 0 bridgehead atoms. The van der Waals surface area contributed by atoms with Crippen molar-refractivity contribution in [2.45, 2.75) is 24.2 Å². The van der Waals surface area contributed by atoms with Gasteiger partial charge in [0.15, 0.2) is 9.84 Å². The number of hydrogen-bond acceptors (Lipinski definition) is 7. The lowest BCUT2D eigenvalue weighted by Crippen LogP contribution is -2.30. The fourth-order valence-electron chi connectivity index (χ4n) is 3.50. The number of amidine groups is 1. The molecule has 2 aromatic carbocycles. The summed E-state index contributed by atoms with van der Waals surface area (Å²) in [6.07, 6.45) is 1.60. The van der Waals surface area contributed by atoms with E-state index in [-0.39, 0.29) is 21.7 Å². The highest BCUT2D eigenvalue weighted by molar-refractivity contribution is 7.91. The number of nitriles is 1. The van der Waals surface area contributed by atoms with Crippen LogP contribution < -0.4 is 10.6 Å². The number of rotatable bonds is 11. The minimum atomic E-state index is -3.64. The largest absolute Gasteiger partial charge is 0.368 e. The first-order valence-electron chi connectivity index (χ1n) is 11.0. The maximum absolute atomic E-state index is 12.5. The second-order valence-corrected chi connectivity index (χ2v) is 10.4. The third-order valence-corrected chi connectivity index (χ3v) is 7.53. The molecule has 3 rings (SSSR count). The molecule has 0 aliphatic carbocycles. The Balaban J connectivity index is 1.36. The molecule has 0 atom stereocenters. The van der Waals surface area contributed by atoms with Crippen molar-refractivity contribution < 1.29 is 13.2 Å². The summed E-state index contributed by atoms with van der Waals surface area (Å²) in [5.41, 5.74) is 2.52. The van der Waals surface area contributed by atoms with E-state index in [9.17, 15) is 13.2 Å². The summed E-state index contributed by atoms with van der Waals surface area (Å²) in [5.74, 6) is 0.654. The molecule has 1 amide bonds. The Bertz CT molecular complexity index is 1190. The monoisotopic (exact) mass is 501 g/mol. The molecule has 34 heavy (non-hydrogen) atoms. The van der Waals surface area contributed by atoms with Crippen LogP contribution in [0.2, 0.25) is 5.02 Å². The van der Waals surface area contributed by atoms with Crippen LogP contribution in [0.5, 0.6) is 0 Å². The molecular weight excluding hydrogens is 474 g/mol. The van der Waals surface area contributed by atoms with Gasteiger partial charge in [-0.2, -0.15) is 5.26 Å². The highest BCUT2D eigenvalue weighted by Gasteiger charge is 2.18.